The summed E-state index contributed by atoms with van der Waals surface area (Å²) in [5, 5.41) is 9.06. The van der Waals surface area contributed by atoms with E-state index in [1.807, 2.05) is 22.9 Å². The van der Waals surface area contributed by atoms with Gasteiger partial charge in [0.05, 0.1) is 0 Å². The molecule has 0 saturated carbocycles. The molecule has 84 valence electrons. The smallest absolute Gasteiger partial charge is 0.106 e. The Morgan fingerprint density at radius 3 is 3.25 bits per heavy atom. The number of thiazole rings is 1. The van der Waals surface area contributed by atoms with Crippen LogP contribution in [0.25, 0.3) is 0 Å². The van der Waals surface area contributed by atoms with Crippen molar-refractivity contribution < 1.29 is 0 Å². The summed E-state index contributed by atoms with van der Waals surface area (Å²) in [5.74, 6) is 0. The molecule has 1 N–H and O–H groups in total. The van der Waals surface area contributed by atoms with Gasteiger partial charge < -0.3 is 5.32 Å². The molecule has 0 radical (unpaired) electrons. The minimum atomic E-state index is 0.541. The maximum absolute atomic E-state index is 4.30. The number of rotatable bonds is 3. The van der Waals surface area contributed by atoms with Gasteiger partial charge in [0.15, 0.2) is 0 Å². The second-order valence-corrected chi connectivity index (χ2v) is 6.03. The Labute approximate surface area is 103 Å². The van der Waals surface area contributed by atoms with Crippen LogP contribution in [0.2, 0.25) is 0 Å². The first kappa shape index (κ1) is 10.4. The van der Waals surface area contributed by atoms with Crippen molar-refractivity contribution in [1.82, 2.24) is 10.3 Å². The standard InChI is InChI=1S/C12H14N2S2/c1-2-10(9-4-6-15-11(9)3-1)14-8-12-13-5-7-16-12/h4-7,10,14H,1-3,8H2. The number of thiophene rings is 1. The lowest BCUT2D eigenvalue weighted by Crippen LogP contribution is -2.23. The fourth-order valence-electron chi connectivity index (χ4n) is 2.25. The molecule has 1 atom stereocenters. The van der Waals surface area contributed by atoms with Crippen LogP contribution in [0.1, 0.15) is 34.3 Å². The third-order valence-corrected chi connectivity index (χ3v) is 4.81. The van der Waals surface area contributed by atoms with Crippen LogP contribution in [0.3, 0.4) is 0 Å². The van der Waals surface area contributed by atoms with E-state index in [9.17, 15) is 0 Å². The highest BCUT2D eigenvalue weighted by molar-refractivity contribution is 7.10. The van der Waals surface area contributed by atoms with Crippen LogP contribution in [-0.2, 0) is 13.0 Å². The van der Waals surface area contributed by atoms with Gasteiger partial charge in [-0.1, -0.05) is 0 Å². The summed E-state index contributed by atoms with van der Waals surface area (Å²) >= 11 is 3.62. The van der Waals surface area contributed by atoms with Crippen molar-refractivity contribution in [2.75, 3.05) is 0 Å². The van der Waals surface area contributed by atoms with E-state index in [0.717, 1.165) is 6.54 Å². The number of hydrogen-bond acceptors (Lipinski definition) is 4. The summed E-state index contributed by atoms with van der Waals surface area (Å²) in [4.78, 5) is 5.88. The van der Waals surface area contributed by atoms with Gasteiger partial charge in [-0.05, 0) is 36.3 Å². The van der Waals surface area contributed by atoms with Crippen molar-refractivity contribution >= 4 is 22.7 Å². The van der Waals surface area contributed by atoms with Crippen LogP contribution in [0.5, 0.6) is 0 Å². The molecule has 1 aliphatic rings. The number of aromatic nitrogens is 1. The summed E-state index contributed by atoms with van der Waals surface area (Å²) in [5.41, 5.74) is 1.52. The Balaban J connectivity index is 1.69. The van der Waals surface area contributed by atoms with E-state index < -0.39 is 0 Å². The maximum atomic E-state index is 4.30. The molecule has 0 fully saturated rings. The van der Waals surface area contributed by atoms with E-state index in [0.29, 0.717) is 6.04 Å². The third kappa shape index (κ3) is 2.05. The van der Waals surface area contributed by atoms with Crippen molar-refractivity contribution in [3.05, 3.63) is 38.5 Å². The zero-order valence-electron chi connectivity index (χ0n) is 8.98. The molecule has 2 aromatic rings. The van der Waals surface area contributed by atoms with Crippen LogP contribution in [0.4, 0.5) is 0 Å². The summed E-state index contributed by atoms with van der Waals surface area (Å²) in [6.45, 7) is 0.900. The Hall–Kier alpha value is -0.710. The normalized spacial score (nSPS) is 19.6. The zero-order valence-corrected chi connectivity index (χ0v) is 10.6. The highest BCUT2D eigenvalue weighted by Crippen LogP contribution is 2.33. The molecule has 1 aliphatic carbocycles. The number of fused-ring (bicyclic) bond motifs is 1. The highest BCUT2D eigenvalue weighted by Gasteiger charge is 2.20. The van der Waals surface area contributed by atoms with Crippen LogP contribution in [0.15, 0.2) is 23.0 Å². The van der Waals surface area contributed by atoms with E-state index in [4.69, 9.17) is 0 Å². The molecule has 1 unspecified atom stereocenters. The summed E-state index contributed by atoms with van der Waals surface area (Å²) in [7, 11) is 0. The lowest BCUT2D eigenvalue weighted by Gasteiger charge is -2.23. The van der Waals surface area contributed by atoms with Gasteiger partial charge >= 0.3 is 0 Å². The van der Waals surface area contributed by atoms with E-state index in [2.05, 4.69) is 21.7 Å². The second-order valence-electron chi connectivity index (χ2n) is 4.05. The van der Waals surface area contributed by atoms with Crippen LogP contribution in [-0.4, -0.2) is 4.98 Å². The minimum Gasteiger partial charge on any atom is -0.304 e. The summed E-state index contributed by atoms with van der Waals surface area (Å²) < 4.78 is 0. The fourth-order valence-corrected chi connectivity index (χ4v) is 3.80. The predicted molar refractivity (Wildman–Crippen MR) is 69.0 cm³/mol. The van der Waals surface area contributed by atoms with Crippen molar-refractivity contribution in [3.8, 4) is 0 Å². The molecular formula is C12H14N2S2. The Morgan fingerprint density at radius 1 is 1.38 bits per heavy atom. The molecule has 4 heteroatoms. The third-order valence-electron chi connectivity index (χ3n) is 3.04. The lowest BCUT2D eigenvalue weighted by molar-refractivity contribution is 0.462. The molecular weight excluding hydrogens is 236 g/mol. The summed E-state index contributed by atoms with van der Waals surface area (Å²) in [6, 6.07) is 2.82. The molecule has 0 bridgehead atoms. The van der Waals surface area contributed by atoms with Gasteiger partial charge in [0.25, 0.3) is 0 Å². The first-order valence-electron chi connectivity index (χ1n) is 5.61. The largest absolute Gasteiger partial charge is 0.304 e. The highest BCUT2D eigenvalue weighted by atomic mass is 32.1. The van der Waals surface area contributed by atoms with Gasteiger partial charge in [-0.2, -0.15) is 0 Å². The Kier molecular flexibility index (Phi) is 3.04. The molecule has 0 spiro atoms. The van der Waals surface area contributed by atoms with Crippen LogP contribution < -0.4 is 5.32 Å². The molecule has 0 amide bonds. The molecule has 2 aromatic heterocycles. The number of nitrogens with one attached hydrogen (secondary N) is 1. The maximum Gasteiger partial charge on any atom is 0.106 e. The van der Waals surface area contributed by atoms with Crippen molar-refractivity contribution in [2.45, 2.75) is 31.8 Å². The monoisotopic (exact) mass is 250 g/mol. The van der Waals surface area contributed by atoms with Crippen LogP contribution in [0, 0.1) is 0 Å². The Bertz CT molecular complexity index is 447. The van der Waals surface area contributed by atoms with Gasteiger partial charge in [-0.15, -0.1) is 22.7 Å². The first-order valence-corrected chi connectivity index (χ1v) is 7.37. The number of nitrogens with zero attached hydrogens (tertiary/aromatic N) is 1. The molecule has 0 aromatic carbocycles. The number of hydrogen-bond donors (Lipinski definition) is 1. The molecule has 2 heterocycles. The van der Waals surface area contributed by atoms with E-state index in [1.54, 1.807) is 16.2 Å². The van der Waals surface area contributed by atoms with Gasteiger partial charge in [-0.25, -0.2) is 4.98 Å². The molecule has 0 saturated heterocycles. The fraction of sp³-hybridized carbons (Fsp3) is 0.417. The Morgan fingerprint density at radius 2 is 2.38 bits per heavy atom. The molecule has 0 aliphatic heterocycles. The zero-order chi connectivity index (χ0) is 10.8. The number of aryl methyl sites for hydroxylation is 1. The van der Waals surface area contributed by atoms with E-state index >= 15 is 0 Å². The molecule has 16 heavy (non-hydrogen) atoms. The van der Waals surface area contributed by atoms with E-state index in [1.165, 1.54) is 29.8 Å². The minimum absolute atomic E-state index is 0.541. The SMILES string of the molecule is c1csc(CNC2CCCc3sccc32)n1. The van der Waals surface area contributed by atoms with Gasteiger partial charge in [0.1, 0.15) is 5.01 Å². The van der Waals surface area contributed by atoms with Gasteiger partial charge in [0.2, 0.25) is 0 Å². The topological polar surface area (TPSA) is 24.9 Å². The quantitative estimate of drug-likeness (QED) is 0.903. The van der Waals surface area contributed by atoms with E-state index in [-0.39, 0.29) is 0 Å². The lowest BCUT2D eigenvalue weighted by atomic mass is 9.94. The predicted octanol–water partition coefficient (Wildman–Crippen LogP) is 3.37. The molecule has 3 rings (SSSR count). The second kappa shape index (κ2) is 4.65. The van der Waals surface area contributed by atoms with Gasteiger partial charge in [0, 0.05) is 29.0 Å². The summed E-state index contributed by atoms with van der Waals surface area (Å²) in [6.07, 6.45) is 5.71. The average molecular weight is 250 g/mol. The van der Waals surface area contributed by atoms with Gasteiger partial charge in [-0.3, -0.25) is 0 Å². The first-order chi connectivity index (χ1) is 7.93. The van der Waals surface area contributed by atoms with Crippen molar-refractivity contribution in [3.63, 3.8) is 0 Å². The van der Waals surface area contributed by atoms with Crippen molar-refractivity contribution in [1.29, 1.82) is 0 Å². The van der Waals surface area contributed by atoms with Crippen LogP contribution >= 0.6 is 22.7 Å². The molecule has 2 nitrogen and oxygen atoms in total. The average Bonchev–Trinajstić information content (AvgIpc) is 2.97. The van der Waals surface area contributed by atoms with Crippen molar-refractivity contribution in [2.24, 2.45) is 0 Å².